The standard InChI is InChI=1S/C24H33N11O8/c25-19-17-20(29-11-28-19)34(12-30-17)22-18(37)16(15(9-36)43-22)32-21(38)14(7-4-8-27-23(26)33-35(40)41)31-24(39)42-10-13-5-2-1-3-6-13/h1-3,5-6,11-12,14-16,18,22,36-37,40-41H,4,7-10H2,(H,31,39)(H,32,38)(H2,25,28,29)(H3,26,27,33). The van der Waals surface area contributed by atoms with E-state index < -0.39 is 49.1 Å². The van der Waals surface area contributed by atoms with Crippen molar-refractivity contribution in [1.29, 1.82) is 0 Å². The average Bonchev–Trinajstić information content (AvgIpc) is 3.55. The monoisotopic (exact) mass is 603 g/mol. The van der Waals surface area contributed by atoms with E-state index in [4.69, 9.17) is 31.4 Å². The number of nitrogens with zero attached hydrogens (tertiary/aromatic N) is 6. The Hall–Kier alpha value is -4.66. The van der Waals surface area contributed by atoms with Crippen LogP contribution in [0, 0.1) is 0 Å². The number of carbonyl (C=O) groups excluding carboxylic acids is 2. The number of amides is 2. The number of nitrogens with one attached hydrogen (secondary N) is 3. The largest absolute Gasteiger partial charge is 0.445 e. The molecule has 1 aliphatic heterocycles. The van der Waals surface area contributed by atoms with E-state index in [9.17, 15) is 19.8 Å². The Balaban J connectivity index is 1.45. The summed E-state index contributed by atoms with van der Waals surface area (Å²) >= 11 is 0. The summed E-state index contributed by atoms with van der Waals surface area (Å²) in [4.78, 5) is 42.1. The Morgan fingerprint density at radius 1 is 1.21 bits per heavy atom. The highest BCUT2D eigenvalue weighted by Crippen LogP contribution is 2.32. The van der Waals surface area contributed by atoms with Gasteiger partial charge in [-0.15, -0.1) is 0 Å². The van der Waals surface area contributed by atoms with Gasteiger partial charge in [0.05, 0.1) is 19.0 Å². The molecule has 43 heavy (non-hydrogen) atoms. The molecule has 1 fully saturated rings. The maximum atomic E-state index is 13.4. The van der Waals surface area contributed by atoms with E-state index in [2.05, 4.69) is 30.6 Å². The fourth-order valence-corrected chi connectivity index (χ4v) is 4.44. The third-order valence-corrected chi connectivity index (χ3v) is 6.49. The molecule has 3 heterocycles. The average molecular weight is 604 g/mol. The number of benzene rings is 1. The van der Waals surface area contributed by atoms with Crippen LogP contribution in [0.25, 0.3) is 11.2 Å². The van der Waals surface area contributed by atoms with Gasteiger partial charge in [0.15, 0.2) is 17.7 Å². The minimum absolute atomic E-state index is 0.0390. The number of aromatic nitrogens is 4. The lowest BCUT2D eigenvalue weighted by molar-refractivity contribution is -0.329. The van der Waals surface area contributed by atoms with Crippen LogP contribution in [0.4, 0.5) is 10.6 Å². The first kappa shape index (κ1) is 31.3. The number of rotatable bonds is 12. The summed E-state index contributed by atoms with van der Waals surface area (Å²) in [7, 11) is 0. The Morgan fingerprint density at radius 3 is 2.70 bits per heavy atom. The van der Waals surface area contributed by atoms with E-state index in [1.54, 1.807) is 24.3 Å². The minimum atomic E-state index is -1.37. The zero-order chi connectivity index (χ0) is 30.9. The van der Waals surface area contributed by atoms with Crippen molar-refractivity contribution in [3.8, 4) is 0 Å². The van der Waals surface area contributed by atoms with Crippen molar-refractivity contribution in [3.05, 3.63) is 48.5 Å². The maximum absolute atomic E-state index is 13.4. The second kappa shape index (κ2) is 14.5. The fraction of sp³-hybridized carbons (Fsp3) is 0.417. The van der Waals surface area contributed by atoms with Gasteiger partial charge in [0.1, 0.15) is 36.7 Å². The lowest BCUT2D eigenvalue weighted by Crippen LogP contribution is -2.55. The highest BCUT2D eigenvalue weighted by atomic mass is 16.8. The van der Waals surface area contributed by atoms with Crippen LogP contribution in [0.1, 0.15) is 24.6 Å². The van der Waals surface area contributed by atoms with Crippen LogP contribution in [0.3, 0.4) is 0 Å². The van der Waals surface area contributed by atoms with Gasteiger partial charge >= 0.3 is 6.09 Å². The molecular formula is C24H33N11O8. The molecule has 232 valence electrons. The molecular weight excluding hydrogens is 570 g/mol. The maximum Gasteiger partial charge on any atom is 0.408 e. The molecule has 0 radical (unpaired) electrons. The second-order valence-corrected chi connectivity index (χ2v) is 9.42. The number of anilines is 1. The van der Waals surface area contributed by atoms with E-state index in [0.29, 0.717) is 0 Å². The van der Waals surface area contributed by atoms with Crippen LogP contribution in [0.15, 0.2) is 48.0 Å². The second-order valence-electron chi connectivity index (χ2n) is 9.42. The van der Waals surface area contributed by atoms with Gasteiger partial charge in [-0.05, 0) is 18.4 Å². The number of guanidine groups is 1. The van der Waals surface area contributed by atoms with E-state index in [1.165, 1.54) is 17.2 Å². The minimum Gasteiger partial charge on any atom is -0.445 e. The highest BCUT2D eigenvalue weighted by Gasteiger charge is 2.46. The van der Waals surface area contributed by atoms with Crippen molar-refractivity contribution in [2.75, 3.05) is 18.9 Å². The number of hydrogen-bond donors (Lipinski definition) is 9. The van der Waals surface area contributed by atoms with Crippen molar-refractivity contribution in [2.45, 2.75) is 50.0 Å². The van der Waals surface area contributed by atoms with Gasteiger partial charge < -0.3 is 41.8 Å². The van der Waals surface area contributed by atoms with Crippen LogP contribution in [0.2, 0.25) is 0 Å². The molecule has 3 aromatic rings. The molecule has 0 aliphatic carbocycles. The summed E-state index contributed by atoms with van der Waals surface area (Å²) in [5.74, 6) is -0.874. The molecule has 5 atom stereocenters. The van der Waals surface area contributed by atoms with E-state index in [1.807, 2.05) is 11.5 Å². The van der Waals surface area contributed by atoms with E-state index >= 15 is 0 Å². The topological polar surface area (TPSA) is 281 Å². The number of imidazole rings is 1. The Labute approximate surface area is 244 Å². The molecule has 4 rings (SSSR count). The number of aliphatic hydroxyl groups is 2. The number of carbonyl (C=O) groups is 2. The molecule has 2 aromatic heterocycles. The zero-order valence-corrected chi connectivity index (χ0v) is 22.7. The van der Waals surface area contributed by atoms with Crippen LogP contribution >= 0.6 is 0 Å². The Bertz CT molecular complexity index is 1410. The molecule has 11 N–H and O–H groups in total. The van der Waals surface area contributed by atoms with Gasteiger partial charge in [-0.2, -0.15) is 0 Å². The van der Waals surface area contributed by atoms with E-state index in [-0.39, 0.29) is 54.3 Å². The molecule has 0 saturated carbocycles. The number of nitrogen functional groups attached to an aromatic ring is 1. The molecule has 2 amide bonds. The van der Waals surface area contributed by atoms with Gasteiger partial charge in [-0.25, -0.2) is 25.2 Å². The third kappa shape index (κ3) is 8.00. The van der Waals surface area contributed by atoms with Crippen molar-refractivity contribution < 1.29 is 39.7 Å². The van der Waals surface area contributed by atoms with Crippen molar-refractivity contribution >= 4 is 34.9 Å². The van der Waals surface area contributed by atoms with Gasteiger partial charge in [0.2, 0.25) is 11.9 Å². The molecule has 19 nitrogen and oxygen atoms in total. The number of ether oxygens (including phenoxy) is 2. The predicted molar refractivity (Wildman–Crippen MR) is 146 cm³/mol. The van der Waals surface area contributed by atoms with Gasteiger partial charge in [0.25, 0.3) is 0 Å². The number of alkyl carbamates (subject to hydrolysis) is 1. The Kier molecular flexibility index (Phi) is 10.5. The molecule has 1 saturated heterocycles. The van der Waals surface area contributed by atoms with Gasteiger partial charge in [0, 0.05) is 11.9 Å². The summed E-state index contributed by atoms with van der Waals surface area (Å²) in [5.41, 5.74) is 14.6. The number of fused-ring (bicyclic) bond motifs is 1. The zero-order valence-electron chi connectivity index (χ0n) is 22.7. The summed E-state index contributed by atoms with van der Waals surface area (Å²) in [6.45, 7) is -0.539. The van der Waals surface area contributed by atoms with Crippen LogP contribution in [-0.4, -0.2) is 101 Å². The van der Waals surface area contributed by atoms with Crippen LogP contribution in [-0.2, 0) is 20.9 Å². The van der Waals surface area contributed by atoms with Crippen molar-refractivity contribution in [1.82, 2.24) is 40.9 Å². The third-order valence-electron chi connectivity index (χ3n) is 6.49. The van der Waals surface area contributed by atoms with Gasteiger partial charge in [-0.3, -0.25) is 24.8 Å². The highest BCUT2D eigenvalue weighted by molar-refractivity contribution is 5.86. The first-order chi connectivity index (χ1) is 20.7. The molecule has 0 spiro atoms. The fourth-order valence-electron chi connectivity index (χ4n) is 4.44. The lowest BCUT2D eigenvalue weighted by atomic mass is 10.1. The molecule has 1 aliphatic rings. The molecule has 5 unspecified atom stereocenters. The van der Waals surface area contributed by atoms with Crippen molar-refractivity contribution in [3.63, 3.8) is 0 Å². The molecule has 1 aromatic carbocycles. The van der Waals surface area contributed by atoms with Crippen LogP contribution < -0.4 is 27.5 Å². The summed E-state index contributed by atoms with van der Waals surface area (Å²) in [6.07, 6.45) is -1.51. The summed E-state index contributed by atoms with van der Waals surface area (Å²) < 4.78 is 12.5. The first-order valence-electron chi connectivity index (χ1n) is 13.1. The first-order valence-corrected chi connectivity index (χ1v) is 13.1. The number of aliphatic imine (C=N–C) groups is 1. The summed E-state index contributed by atoms with van der Waals surface area (Å²) in [5, 5.41) is 43.4. The number of hydrogen-bond acceptors (Lipinski definition) is 14. The summed E-state index contributed by atoms with van der Waals surface area (Å²) in [6, 6.07) is 6.67. The lowest BCUT2D eigenvalue weighted by Gasteiger charge is -2.24. The number of hydrazine groups is 1. The SMILES string of the molecule is NC(=NCCCC(NC(=O)OCc1ccccc1)C(=O)NC1C(CO)OC(n2cnc3c(N)ncnc32)C1O)NN(O)O. The normalized spacial score (nSPS) is 21.1. The van der Waals surface area contributed by atoms with E-state index in [0.717, 1.165) is 5.56 Å². The quantitative estimate of drug-likeness (QED) is 0.0474. The predicted octanol–water partition coefficient (Wildman–Crippen LogP) is -1.88. The molecule has 0 bridgehead atoms. The Morgan fingerprint density at radius 2 is 1.98 bits per heavy atom. The van der Waals surface area contributed by atoms with Gasteiger partial charge in [-0.1, -0.05) is 30.3 Å². The number of nitrogens with two attached hydrogens (primary N) is 2. The van der Waals surface area contributed by atoms with Crippen LogP contribution in [0.5, 0.6) is 0 Å². The smallest absolute Gasteiger partial charge is 0.408 e. The van der Waals surface area contributed by atoms with Crippen molar-refractivity contribution in [2.24, 2.45) is 10.7 Å². The molecule has 19 heteroatoms. The number of aliphatic hydroxyl groups excluding tert-OH is 2.